The number of thiocarbonyl (C=S) groups is 1. The summed E-state index contributed by atoms with van der Waals surface area (Å²) in [5.74, 6) is -8.93. The number of carbonyl (C=O) groups is 5. The maximum absolute atomic E-state index is 14.6. The van der Waals surface area contributed by atoms with E-state index in [-0.39, 0.29) is 60.6 Å². The van der Waals surface area contributed by atoms with Crippen LogP contribution in [0.4, 0.5) is 0 Å². The molecule has 0 radical (unpaired) electrons. The van der Waals surface area contributed by atoms with Crippen molar-refractivity contribution in [1.29, 1.82) is 0 Å². The van der Waals surface area contributed by atoms with Crippen LogP contribution in [0.15, 0.2) is 47.6 Å². The first-order chi connectivity index (χ1) is 39.6. The smallest absolute Gasteiger partial charge is 0.329 e. The Morgan fingerprint density at radius 3 is 2.10 bits per heavy atom. The first-order valence-corrected chi connectivity index (χ1v) is 30.2. The standard InChI is InChI=1S/C61H99N3O18S/c1-39-15-11-10-12-16-40(2)51(74-8)37-46-20-18-44(6)61(72,82-46)57(69)58(70)64-23-14-13-17-48(64)59(71)80-52(38-49(65)41(3)34-43(5)55(67)56(68)54(66)42(4)33-39)47(62)35-45-19-21-50(53(36-45)75-9)81-60(83)63-22-24-76-27-28-78-31-32-79-30-29-77-26-25-73-7/h10-12,15-16,34,39,41-42,44-48,50-53,55-56,67-68,72H,13-14,17-33,35-38,62H2,1-9H3,(H,63,83)/b12-10+,15-11+,40-16+,43-34+/t39-,41-,42-,44-,45+,46+,47-,48+,50-,51+,52+,53-,55-,56+,61-/m1/s1. The monoisotopic (exact) mass is 1190 g/mol. The second-order valence-electron chi connectivity index (χ2n) is 22.8. The molecule has 3 fully saturated rings. The molecule has 0 unspecified atom stereocenters. The van der Waals surface area contributed by atoms with Gasteiger partial charge in [0.25, 0.3) is 16.9 Å². The van der Waals surface area contributed by atoms with E-state index in [1.807, 2.05) is 44.2 Å². The van der Waals surface area contributed by atoms with Crippen molar-refractivity contribution in [3.63, 3.8) is 0 Å². The Labute approximate surface area is 497 Å². The third-order valence-electron chi connectivity index (χ3n) is 16.3. The topological polar surface area (TPSA) is 280 Å². The van der Waals surface area contributed by atoms with Gasteiger partial charge in [-0.2, -0.15) is 0 Å². The van der Waals surface area contributed by atoms with Crippen molar-refractivity contribution in [1.82, 2.24) is 10.2 Å². The molecule has 472 valence electrons. The molecule has 0 aromatic heterocycles. The van der Waals surface area contributed by atoms with Crippen LogP contribution >= 0.6 is 12.2 Å². The van der Waals surface area contributed by atoms with Gasteiger partial charge in [0.05, 0.1) is 77.8 Å². The van der Waals surface area contributed by atoms with Crippen molar-refractivity contribution in [2.75, 3.05) is 93.9 Å². The summed E-state index contributed by atoms with van der Waals surface area (Å²) in [5, 5.41) is 37.7. The lowest BCUT2D eigenvalue weighted by Gasteiger charge is -2.42. The van der Waals surface area contributed by atoms with Gasteiger partial charge in [0.15, 0.2) is 5.78 Å². The van der Waals surface area contributed by atoms with Gasteiger partial charge < -0.3 is 78.6 Å². The lowest BCUT2D eigenvalue weighted by atomic mass is 9.80. The maximum Gasteiger partial charge on any atom is 0.329 e. The van der Waals surface area contributed by atoms with E-state index in [2.05, 4.69) is 5.32 Å². The van der Waals surface area contributed by atoms with Crippen LogP contribution in [-0.2, 0) is 71.3 Å². The highest BCUT2D eigenvalue weighted by atomic mass is 32.1. The molecular weight excluding hydrogens is 1090 g/mol. The fraction of sp³-hybridized carbons (Fsp3) is 0.770. The molecule has 0 aromatic carbocycles. The molecule has 0 spiro atoms. The molecule has 4 aliphatic rings. The number of hydrogen-bond acceptors (Lipinski definition) is 20. The Bertz CT molecular complexity index is 2160. The first-order valence-electron chi connectivity index (χ1n) is 29.8. The number of nitrogens with two attached hydrogens (primary N) is 1. The van der Waals surface area contributed by atoms with Gasteiger partial charge in [-0.3, -0.25) is 19.2 Å². The summed E-state index contributed by atoms with van der Waals surface area (Å²) in [4.78, 5) is 72.2. The average Bonchev–Trinajstić information content (AvgIpc) is 3.52. The number of fused-ring (bicyclic) bond motifs is 3. The van der Waals surface area contributed by atoms with E-state index >= 15 is 0 Å². The number of aliphatic hydroxyl groups excluding tert-OH is 2. The van der Waals surface area contributed by atoms with E-state index in [4.69, 9.17) is 65.3 Å². The summed E-state index contributed by atoms with van der Waals surface area (Å²) in [6.45, 7) is 14.8. The van der Waals surface area contributed by atoms with E-state index in [1.54, 1.807) is 42.1 Å². The van der Waals surface area contributed by atoms with Gasteiger partial charge in [-0.15, -0.1) is 0 Å². The van der Waals surface area contributed by atoms with Gasteiger partial charge >= 0.3 is 5.97 Å². The third kappa shape index (κ3) is 23.4. The molecule has 3 heterocycles. The molecule has 21 nitrogen and oxygen atoms in total. The van der Waals surface area contributed by atoms with E-state index in [9.17, 15) is 39.3 Å². The predicted molar refractivity (Wildman–Crippen MR) is 314 cm³/mol. The summed E-state index contributed by atoms with van der Waals surface area (Å²) in [6.07, 6.45) is 8.72. The summed E-state index contributed by atoms with van der Waals surface area (Å²) in [6, 6.07) is -2.14. The number of piperidine rings is 1. The minimum absolute atomic E-state index is 0.0264. The van der Waals surface area contributed by atoms with Gasteiger partial charge in [0.2, 0.25) is 5.79 Å². The molecule has 6 N–H and O–H groups in total. The zero-order valence-corrected chi connectivity index (χ0v) is 51.5. The SMILES string of the molecule is COCCOCCOCCOCCOCCNC(=S)O[C@@H]1CC[C@@H](C[C@@H](N)[C@@H]2CC(=O)[C@H](C)/C=C(\C)[C@@H](O)[C@@H](O)C(=O)[C@H](C)C[C@H](C)/C=C/C=C/C=C(\C)[C@@H](OC)C[C@@H]3CC[C@@H](C)[C@@](O)(O3)C(=O)C(=O)N3CCCC[C@H]3C(=O)O2)C[C@H]1OC. The highest BCUT2D eigenvalue weighted by Gasteiger charge is 2.53. The summed E-state index contributed by atoms with van der Waals surface area (Å²) in [7, 11) is 4.76. The number of nitrogens with zero attached hydrogens (tertiary/aromatic N) is 1. The van der Waals surface area contributed by atoms with Gasteiger partial charge in [-0.05, 0) is 113 Å². The normalized spacial score (nSPS) is 34.1. The molecule has 15 atom stereocenters. The number of carbonyl (C=O) groups excluding carboxylic acids is 5. The summed E-state index contributed by atoms with van der Waals surface area (Å²) < 4.78 is 57.3. The summed E-state index contributed by atoms with van der Waals surface area (Å²) in [5.41, 5.74) is 8.04. The van der Waals surface area contributed by atoms with E-state index in [0.717, 1.165) is 10.5 Å². The summed E-state index contributed by atoms with van der Waals surface area (Å²) >= 11 is 5.52. The fourth-order valence-electron chi connectivity index (χ4n) is 11.1. The number of nitrogens with one attached hydrogen (secondary N) is 1. The zero-order chi connectivity index (χ0) is 61.1. The first kappa shape index (κ1) is 71.6. The van der Waals surface area contributed by atoms with Crippen molar-refractivity contribution in [2.24, 2.45) is 35.3 Å². The minimum atomic E-state index is -2.48. The highest BCUT2D eigenvalue weighted by molar-refractivity contribution is 7.80. The largest absolute Gasteiger partial charge is 0.465 e. The molecule has 22 heteroatoms. The number of rotatable bonds is 21. The molecule has 3 aliphatic heterocycles. The van der Waals surface area contributed by atoms with Crippen molar-refractivity contribution in [3.05, 3.63) is 47.6 Å². The number of ether oxygens (including phenoxy) is 10. The zero-order valence-electron chi connectivity index (χ0n) is 50.7. The number of aliphatic hydroxyl groups is 3. The number of methoxy groups -OCH3 is 3. The van der Waals surface area contributed by atoms with Crippen molar-refractivity contribution in [2.45, 2.75) is 179 Å². The number of esters is 1. The van der Waals surface area contributed by atoms with E-state index < -0.39 is 95.4 Å². The van der Waals surface area contributed by atoms with Crippen LogP contribution in [0.2, 0.25) is 0 Å². The van der Waals surface area contributed by atoms with Crippen LogP contribution in [0.5, 0.6) is 0 Å². The van der Waals surface area contributed by atoms with E-state index in [1.165, 1.54) is 13.0 Å². The molecule has 83 heavy (non-hydrogen) atoms. The van der Waals surface area contributed by atoms with Gasteiger partial charge in [0, 0.05) is 71.1 Å². The van der Waals surface area contributed by atoms with E-state index in [0.29, 0.717) is 124 Å². The van der Waals surface area contributed by atoms with Crippen LogP contribution in [-0.4, -0.2) is 209 Å². The average molecular weight is 1190 g/mol. The maximum atomic E-state index is 14.6. The van der Waals surface area contributed by atoms with Crippen molar-refractivity contribution in [3.8, 4) is 0 Å². The number of hydrogen-bond donors (Lipinski definition) is 5. The Balaban J connectivity index is 1.48. The molecule has 1 saturated carbocycles. The number of amides is 1. The molecule has 2 saturated heterocycles. The molecule has 4 rings (SSSR count). The number of cyclic esters (lactones) is 1. The molecule has 1 aliphatic carbocycles. The van der Waals surface area contributed by atoms with Crippen LogP contribution in [0.25, 0.3) is 0 Å². The lowest BCUT2D eigenvalue weighted by Crippen LogP contribution is -2.61. The van der Waals surface area contributed by atoms with Gasteiger partial charge in [-0.25, -0.2) is 4.79 Å². The molecule has 2 bridgehead atoms. The molecule has 0 aromatic rings. The van der Waals surface area contributed by atoms with Crippen LogP contribution < -0.4 is 11.1 Å². The quantitative estimate of drug-likeness (QED) is 0.0338. The number of ketones is 3. The molecular formula is C61H99N3O18S. The molecule has 1 amide bonds. The third-order valence-corrected chi connectivity index (χ3v) is 16.5. The van der Waals surface area contributed by atoms with Gasteiger partial charge in [0.1, 0.15) is 36.2 Å². The van der Waals surface area contributed by atoms with Crippen molar-refractivity contribution >= 4 is 46.6 Å². The Kier molecular flexibility index (Phi) is 32.5. The van der Waals surface area contributed by atoms with Crippen LogP contribution in [0.3, 0.4) is 0 Å². The Hall–Kier alpha value is -3.88. The van der Waals surface area contributed by atoms with Gasteiger partial charge in [-0.1, -0.05) is 64.2 Å². The number of allylic oxidation sites excluding steroid dienone is 6. The fourth-order valence-corrected chi connectivity index (χ4v) is 11.3. The van der Waals surface area contributed by atoms with Crippen LogP contribution in [0.1, 0.15) is 119 Å². The Morgan fingerprint density at radius 2 is 1.45 bits per heavy atom. The van der Waals surface area contributed by atoms with Crippen LogP contribution in [0, 0.1) is 29.6 Å². The lowest BCUT2D eigenvalue weighted by molar-refractivity contribution is -0.265. The highest BCUT2D eigenvalue weighted by Crippen LogP contribution is 2.37. The number of Topliss-reactive ketones (excluding diaryl/α,β-unsaturated/α-hetero) is 3. The minimum Gasteiger partial charge on any atom is -0.465 e. The predicted octanol–water partition coefficient (Wildman–Crippen LogP) is 4.83. The Morgan fingerprint density at radius 1 is 0.783 bits per heavy atom. The second kappa shape index (κ2) is 37.6. The second-order valence-corrected chi connectivity index (χ2v) is 23.2. The van der Waals surface area contributed by atoms with Crippen molar-refractivity contribution < 1.29 is 86.7 Å².